The highest BCUT2D eigenvalue weighted by atomic mass is 32.2. The van der Waals surface area contributed by atoms with Gasteiger partial charge in [-0.05, 0) is 43.7 Å². The first-order valence-electron chi connectivity index (χ1n) is 7.89. The van der Waals surface area contributed by atoms with Crippen molar-refractivity contribution in [3.05, 3.63) is 54.1 Å². The molecule has 1 aromatic carbocycles. The first-order chi connectivity index (χ1) is 12.7. The van der Waals surface area contributed by atoms with Crippen LogP contribution in [0.5, 0.6) is 0 Å². The maximum Gasteiger partial charge on any atom is 0.240 e. The summed E-state index contributed by atoms with van der Waals surface area (Å²) in [7, 11) is 0. The predicted octanol–water partition coefficient (Wildman–Crippen LogP) is 5.09. The lowest BCUT2D eigenvalue weighted by Crippen LogP contribution is -1.89. The fourth-order valence-electron chi connectivity index (χ4n) is 2.26. The lowest BCUT2D eigenvalue weighted by molar-refractivity contribution is 0.379. The summed E-state index contributed by atoms with van der Waals surface area (Å²) in [4.78, 5) is 4.38. The molecule has 0 amide bonds. The van der Waals surface area contributed by atoms with Crippen LogP contribution >= 0.6 is 23.1 Å². The molecule has 7 nitrogen and oxygen atoms in total. The number of furan rings is 1. The van der Waals surface area contributed by atoms with Gasteiger partial charge in [-0.3, -0.25) is 0 Å². The molecule has 9 heteroatoms. The Bertz CT molecular complexity index is 996. The third kappa shape index (κ3) is 3.78. The maximum absolute atomic E-state index is 5.34. The van der Waals surface area contributed by atoms with Gasteiger partial charge in [-0.2, -0.15) is 4.98 Å². The van der Waals surface area contributed by atoms with Crippen LogP contribution in [0.25, 0.3) is 11.6 Å². The molecule has 0 aliphatic carbocycles. The Kier molecular flexibility index (Phi) is 4.72. The number of hydrogen-bond donors (Lipinski definition) is 1. The van der Waals surface area contributed by atoms with Gasteiger partial charge in [0, 0.05) is 5.69 Å². The maximum atomic E-state index is 5.34. The smallest absolute Gasteiger partial charge is 0.240 e. The van der Waals surface area contributed by atoms with Crippen LogP contribution in [0.15, 0.2) is 55.9 Å². The highest BCUT2D eigenvalue weighted by Gasteiger charge is 2.19. The average Bonchev–Trinajstić information content (AvgIpc) is 3.36. The van der Waals surface area contributed by atoms with Gasteiger partial charge in [0.2, 0.25) is 16.8 Å². The van der Waals surface area contributed by atoms with Gasteiger partial charge >= 0.3 is 0 Å². The zero-order valence-electron chi connectivity index (χ0n) is 14.0. The molecule has 0 spiro atoms. The number of anilines is 2. The Morgan fingerprint density at radius 3 is 2.92 bits per heavy atom. The lowest BCUT2D eigenvalue weighted by Gasteiger charge is -2.02. The van der Waals surface area contributed by atoms with Crippen molar-refractivity contribution < 1.29 is 8.94 Å². The quantitative estimate of drug-likeness (QED) is 0.459. The molecule has 1 unspecified atom stereocenters. The molecule has 0 radical (unpaired) electrons. The number of rotatable bonds is 6. The van der Waals surface area contributed by atoms with E-state index in [4.69, 9.17) is 8.94 Å². The van der Waals surface area contributed by atoms with E-state index in [1.54, 1.807) is 18.4 Å². The molecule has 0 fully saturated rings. The first kappa shape index (κ1) is 16.8. The Morgan fingerprint density at radius 1 is 1.19 bits per heavy atom. The molecule has 0 saturated carbocycles. The van der Waals surface area contributed by atoms with E-state index in [2.05, 4.69) is 44.7 Å². The van der Waals surface area contributed by atoms with Gasteiger partial charge in [0.05, 0.1) is 11.5 Å². The van der Waals surface area contributed by atoms with Crippen LogP contribution in [0.4, 0.5) is 10.8 Å². The number of aryl methyl sites for hydroxylation is 1. The Morgan fingerprint density at radius 2 is 2.12 bits per heavy atom. The first-order valence-corrected chi connectivity index (χ1v) is 9.58. The summed E-state index contributed by atoms with van der Waals surface area (Å²) in [6, 6.07) is 11.7. The van der Waals surface area contributed by atoms with Crippen molar-refractivity contribution in [1.29, 1.82) is 0 Å². The highest BCUT2D eigenvalue weighted by molar-refractivity contribution is 8.01. The Hall–Kier alpha value is -2.65. The number of hydrogen-bond acceptors (Lipinski definition) is 9. The number of nitrogens with zero attached hydrogens (tertiary/aromatic N) is 4. The summed E-state index contributed by atoms with van der Waals surface area (Å²) in [5, 5.41) is 16.3. The van der Waals surface area contributed by atoms with Crippen molar-refractivity contribution in [3.8, 4) is 11.6 Å². The molecule has 4 rings (SSSR count). The fraction of sp³-hybridized carbons (Fsp3) is 0.176. The van der Waals surface area contributed by atoms with Crippen LogP contribution in [0.2, 0.25) is 0 Å². The zero-order chi connectivity index (χ0) is 17.9. The summed E-state index contributed by atoms with van der Waals surface area (Å²) in [5.74, 6) is 1.54. The second-order valence-corrected chi connectivity index (χ2v) is 8.13. The van der Waals surface area contributed by atoms with Gasteiger partial charge in [0.1, 0.15) is 0 Å². The van der Waals surface area contributed by atoms with Gasteiger partial charge in [0.15, 0.2) is 10.1 Å². The number of benzene rings is 1. The molecule has 1 atom stereocenters. The minimum atomic E-state index is -0.0500. The molecule has 132 valence electrons. The molecule has 26 heavy (non-hydrogen) atoms. The van der Waals surface area contributed by atoms with E-state index < -0.39 is 0 Å². The summed E-state index contributed by atoms with van der Waals surface area (Å²) >= 11 is 3.00. The van der Waals surface area contributed by atoms with E-state index in [0.29, 0.717) is 17.5 Å². The van der Waals surface area contributed by atoms with E-state index >= 15 is 0 Å². The predicted molar refractivity (Wildman–Crippen MR) is 101 cm³/mol. The van der Waals surface area contributed by atoms with Gasteiger partial charge < -0.3 is 14.3 Å². The van der Waals surface area contributed by atoms with Gasteiger partial charge in [-0.15, -0.1) is 10.2 Å². The van der Waals surface area contributed by atoms with Gasteiger partial charge in [0.25, 0.3) is 0 Å². The fourth-order valence-corrected chi connectivity index (χ4v) is 4.21. The molecule has 3 heterocycles. The molecule has 0 saturated heterocycles. The van der Waals surface area contributed by atoms with Gasteiger partial charge in [-0.1, -0.05) is 40.4 Å². The summed E-state index contributed by atoms with van der Waals surface area (Å²) in [6.07, 6.45) is 1.58. The van der Waals surface area contributed by atoms with Crippen molar-refractivity contribution in [2.45, 2.75) is 23.4 Å². The minimum Gasteiger partial charge on any atom is -0.461 e. The van der Waals surface area contributed by atoms with Crippen molar-refractivity contribution in [3.63, 3.8) is 0 Å². The standard InChI is InChI=1S/C17H15N5O2S2/c1-10-5-3-6-12(9-10)18-16-20-21-17(26-16)25-11(2)15-19-14(22-24-15)13-7-4-8-23-13/h3-9,11H,1-2H3,(H,18,20). The normalized spacial score (nSPS) is 12.2. The third-order valence-electron chi connectivity index (χ3n) is 3.48. The molecule has 0 bridgehead atoms. The number of nitrogens with one attached hydrogen (secondary N) is 1. The molecule has 3 aromatic heterocycles. The second kappa shape index (κ2) is 7.30. The number of aromatic nitrogens is 4. The molecule has 1 N–H and O–H groups in total. The van der Waals surface area contributed by atoms with E-state index in [9.17, 15) is 0 Å². The third-order valence-corrected chi connectivity index (χ3v) is 5.49. The van der Waals surface area contributed by atoms with E-state index in [1.165, 1.54) is 28.7 Å². The van der Waals surface area contributed by atoms with E-state index in [0.717, 1.165) is 15.2 Å². The van der Waals surface area contributed by atoms with Crippen molar-refractivity contribution in [2.75, 3.05) is 5.32 Å². The highest BCUT2D eigenvalue weighted by Crippen LogP contribution is 2.37. The largest absolute Gasteiger partial charge is 0.461 e. The SMILES string of the molecule is Cc1cccc(Nc2nnc(SC(C)c3nc(-c4ccco4)no3)s2)c1. The Labute approximate surface area is 157 Å². The van der Waals surface area contributed by atoms with Crippen molar-refractivity contribution in [1.82, 2.24) is 20.3 Å². The van der Waals surface area contributed by atoms with Crippen LogP contribution in [0, 0.1) is 6.92 Å². The zero-order valence-corrected chi connectivity index (χ0v) is 15.7. The topological polar surface area (TPSA) is 89.9 Å². The van der Waals surface area contributed by atoms with Crippen LogP contribution in [0.1, 0.15) is 23.6 Å². The summed E-state index contributed by atoms with van der Waals surface area (Å²) < 4.78 is 11.4. The van der Waals surface area contributed by atoms with Crippen molar-refractivity contribution in [2.24, 2.45) is 0 Å². The van der Waals surface area contributed by atoms with Crippen LogP contribution in [-0.2, 0) is 0 Å². The molecular weight excluding hydrogens is 370 g/mol. The molecule has 0 aliphatic heterocycles. The average molecular weight is 385 g/mol. The van der Waals surface area contributed by atoms with E-state index in [-0.39, 0.29) is 5.25 Å². The van der Waals surface area contributed by atoms with Crippen LogP contribution in [-0.4, -0.2) is 20.3 Å². The van der Waals surface area contributed by atoms with Crippen LogP contribution < -0.4 is 5.32 Å². The number of thioether (sulfide) groups is 1. The molecule has 0 aliphatic rings. The summed E-state index contributed by atoms with van der Waals surface area (Å²) in [5.41, 5.74) is 2.18. The second-order valence-electron chi connectivity index (χ2n) is 5.56. The monoisotopic (exact) mass is 385 g/mol. The van der Waals surface area contributed by atoms with E-state index in [1.807, 2.05) is 19.1 Å². The summed E-state index contributed by atoms with van der Waals surface area (Å²) in [6.45, 7) is 4.04. The molecular formula is C17H15N5O2S2. The Balaban J connectivity index is 1.42. The van der Waals surface area contributed by atoms with Gasteiger partial charge in [-0.25, -0.2) is 0 Å². The lowest BCUT2D eigenvalue weighted by atomic mass is 10.2. The van der Waals surface area contributed by atoms with Crippen molar-refractivity contribution >= 4 is 33.9 Å². The van der Waals surface area contributed by atoms with Crippen LogP contribution in [0.3, 0.4) is 0 Å². The molecule has 4 aromatic rings. The minimum absolute atomic E-state index is 0.0500.